The lowest BCUT2D eigenvalue weighted by molar-refractivity contribution is -0.407. The number of aliphatic hydroxyl groups is 13. The number of anilines is 1. The van der Waals surface area contributed by atoms with Gasteiger partial charge in [0.1, 0.15) is 30.0 Å². The zero-order chi connectivity index (χ0) is 59.0. The van der Waals surface area contributed by atoms with Gasteiger partial charge in [-0.15, -0.1) is 0 Å². The summed E-state index contributed by atoms with van der Waals surface area (Å²) in [6.07, 6.45) is -0.351. The third-order valence-electron chi connectivity index (χ3n) is 14.6. The van der Waals surface area contributed by atoms with E-state index in [9.17, 15) is 95.2 Å². The Balaban J connectivity index is 0.000000196. The summed E-state index contributed by atoms with van der Waals surface area (Å²) in [6, 6.07) is 13.2. The minimum absolute atomic E-state index is 0.00329. The predicted molar refractivity (Wildman–Crippen MR) is 258 cm³/mol. The Morgan fingerprint density at radius 1 is 0.654 bits per heavy atom. The van der Waals surface area contributed by atoms with Crippen LogP contribution in [-0.4, -0.2) is 197 Å². The summed E-state index contributed by atoms with van der Waals surface area (Å²) in [4.78, 5) is 77.6. The molecule has 4 aromatic rings. The molecule has 0 radical (unpaired) electrons. The van der Waals surface area contributed by atoms with Gasteiger partial charge in [0.05, 0.1) is 60.8 Å². The van der Waals surface area contributed by atoms with Crippen LogP contribution in [0.25, 0.3) is 0 Å². The van der Waals surface area contributed by atoms with E-state index < -0.39 is 135 Å². The fourth-order valence-corrected chi connectivity index (χ4v) is 10.2. The zero-order valence-corrected chi connectivity index (χ0v) is 42.0. The molecule has 6 aliphatic rings. The first kappa shape index (κ1) is 58.5. The normalized spacial score (nSPS) is 23.1. The van der Waals surface area contributed by atoms with Gasteiger partial charge in [0.15, 0.2) is 0 Å². The largest absolute Gasteiger partial charge is 0.488 e. The molecular formula is C50H53F2N7O22. The van der Waals surface area contributed by atoms with Gasteiger partial charge in [-0.05, 0) is 48.9 Å². The van der Waals surface area contributed by atoms with Gasteiger partial charge < -0.3 is 85.9 Å². The summed E-state index contributed by atoms with van der Waals surface area (Å²) in [5.74, 6) is -30.1. The molecule has 29 nitrogen and oxygen atoms in total. The van der Waals surface area contributed by atoms with E-state index in [-0.39, 0.29) is 98.4 Å². The first-order valence-electron chi connectivity index (χ1n) is 24.6. The molecule has 4 aromatic carbocycles. The molecule has 16 N–H and O–H groups in total. The van der Waals surface area contributed by atoms with Gasteiger partial charge in [-0.1, -0.05) is 30.3 Å². The van der Waals surface area contributed by atoms with Crippen LogP contribution < -0.4 is 20.7 Å². The fraction of sp³-hybridized carbons (Fsp3) is 0.400. The molecule has 81 heavy (non-hydrogen) atoms. The molecule has 2 unspecified atom stereocenters. The van der Waals surface area contributed by atoms with Gasteiger partial charge in [-0.25, -0.2) is 18.6 Å². The van der Waals surface area contributed by atoms with Crippen LogP contribution in [0.3, 0.4) is 0 Å². The summed E-state index contributed by atoms with van der Waals surface area (Å²) < 4.78 is 47.1. The lowest BCUT2D eigenvalue weighted by atomic mass is 9.86. The molecule has 4 saturated heterocycles. The Bertz CT molecular complexity index is 3220. The number of ether oxygens (including phenoxy) is 3. The first-order chi connectivity index (χ1) is 37.9. The van der Waals surface area contributed by atoms with Crippen LogP contribution in [0.2, 0.25) is 0 Å². The van der Waals surface area contributed by atoms with Crippen LogP contribution in [-0.2, 0) is 65.4 Å². The number of hydrogen-bond donors (Lipinski definition) is 16. The van der Waals surface area contributed by atoms with E-state index >= 15 is 8.78 Å². The number of rotatable bonds is 12. The minimum atomic E-state index is -4.26. The van der Waals surface area contributed by atoms with Crippen LogP contribution in [0.5, 0.6) is 5.75 Å². The van der Waals surface area contributed by atoms with E-state index in [4.69, 9.17) is 14.2 Å². The topological polar surface area (TPSA) is 442 Å². The van der Waals surface area contributed by atoms with Crippen LogP contribution in [0.4, 0.5) is 14.5 Å². The first-order valence-corrected chi connectivity index (χ1v) is 24.6. The number of amides is 6. The third-order valence-corrected chi connectivity index (χ3v) is 14.6. The zero-order valence-electron chi connectivity index (χ0n) is 42.0. The maximum atomic E-state index is 15.6. The Morgan fingerprint density at radius 2 is 1.20 bits per heavy atom. The number of benzene rings is 4. The van der Waals surface area contributed by atoms with Crippen molar-refractivity contribution in [3.05, 3.63) is 129 Å². The molecule has 10 rings (SSSR count). The second-order valence-electron chi connectivity index (χ2n) is 19.5. The second-order valence-corrected chi connectivity index (χ2v) is 19.5. The molecule has 6 heterocycles. The number of carbonyl (C=O) groups is 6. The average Bonchev–Trinajstić information content (AvgIpc) is 3.94. The summed E-state index contributed by atoms with van der Waals surface area (Å²) >= 11 is 0. The molecule has 31 heteroatoms. The molecule has 0 aliphatic carbocycles. The maximum absolute atomic E-state index is 15.6. The van der Waals surface area contributed by atoms with Crippen molar-refractivity contribution in [2.24, 2.45) is 0 Å². The monoisotopic (exact) mass is 1140 g/mol. The van der Waals surface area contributed by atoms with E-state index in [0.29, 0.717) is 4.90 Å². The number of imide groups is 2. The quantitative estimate of drug-likeness (QED) is 0.0464. The highest BCUT2D eigenvalue weighted by atomic mass is 19.1. The van der Waals surface area contributed by atoms with Gasteiger partial charge in [-0.3, -0.25) is 49.2 Å². The number of fused-ring (bicyclic) bond motifs is 2. The van der Waals surface area contributed by atoms with E-state index in [1.165, 1.54) is 58.7 Å². The molecule has 0 spiro atoms. The van der Waals surface area contributed by atoms with Gasteiger partial charge in [0.25, 0.3) is 58.8 Å². The lowest BCUT2D eigenvalue weighted by Crippen LogP contribution is -2.85. The molecule has 6 aliphatic heterocycles. The average molecular weight is 1140 g/mol. The number of morpholine rings is 2. The van der Waals surface area contributed by atoms with Crippen LogP contribution in [0.15, 0.2) is 72.8 Å². The molecule has 0 saturated carbocycles. The van der Waals surface area contributed by atoms with Crippen molar-refractivity contribution in [2.75, 3.05) is 57.9 Å². The Hall–Kier alpha value is -7.12. The van der Waals surface area contributed by atoms with E-state index in [1.54, 1.807) is 0 Å². The van der Waals surface area contributed by atoms with Crippen molar-refractivity contribution in [1.82, 2.24) is 30.2 Å². The minimum Gasteiger partial charge on any atom is -0.488 e. The molecule has 4 fully saturated rings. The third kappa shape index (κ3) is 9.74. The Labute approximate surface area is 454 Å². The number of piperidine rings is 2. The van der Waals surface area contributed by atoms with Crippen LogP contribution >= 0.6 is 0 Å². The lowest BCUT2D eigenvalue weighted by Gasteiger charge is -2.50. The number of nitrogens with one attached hydrogen (secondary N) is 3. The van der Waals surface area contributed by atoms with Crippen LogP contribution in [0, 0.1) is 11.6 Å². The number of carbonyl (C=O) groups excluding carboxylic acids is 6. The Morgan fingerprint density at radius 3 is 1.80 bits per heavy atom. The summed E-state index contributed by atoms with van der Waals surface area (Å²) in [5, 5.41) is 144. The van der Waals surface area contributed by atoms with Crippen molar-refractivity contribution >= 4 is 41.1 Å². The highest BCUT2D eigenvalue weighted by molar-refractivity contribution is 6.10. The van der Waals surface area contributed by atoms with Gasteiger partial charge in [0, 0.05) is 55.0 Å². The molecule has 6 amide bonds. The molecule has 0 aromatic heterocycles. The van der Waals surface area contributed by atoms with Gasteiger partial charge in [-0.2, -0.15) is 0 Å². The van der Waals surface area contributed by atoms with Crippen LogP contribution in [0.1, 0.15) is 66.9 Å². The number of nitrogens with zero attached hydrogens (tertiary/aromatic N) is 4. The molecular weight excluding hydrogens is 1090 g/mol. The van der Waals surface area contributed by atoms with Gasteiger partial charge >= 0.3 is 5.79 Å². The standard InChI is InChI=1S/C25H27FN4O10.C25H26FN3O12/c26-20-14(4-2-5-15(20)24(36,37)29-9-11-40-12-10-29)23(34,35)28-16-6-1-3-13-19(16)25(38,39)30(22(13)33)17-7-8-18(31)27-21(17)32;26-18-13(3-1-5-16(18)24(36,37)28-7-9-40-10-8-28)12-41-17-6-2-4-14-15(17)11-29(19(14)30)22(33)20(31)27-21(32)23(34,35)25(22,38)39/h1-6,17,28,34-39H,7-12H2,(H,27,31,32);1-6,33-39H,7-12H2,(H,27,31,32). The van der Waals surface area contributed by atoms with Crippen molar-refractivity contribution in [3.8, 4) is 5.75 Å². The Kier molecular flexibility index (Phi) is 15.2. The number of hydrogen-bond acceptors (Lipinski definition) is 25. The predicted octanol–water partition coefficient (Wildman–Crippen LogP) is -5.69. The van der Waals surface area contributed by atoms with Crippen molar-refractivity contribution in [2.45, 2.75) is 73.0 Å². The smallest absolute Gasteiger partial charge is 0.306 e. The van der Waals surface area contributed by atoms with Crippen molar-refractivity contribution < 1.29 is 118 Å². The van der Waals surface area contributed by atoms with Gasteiger partial charge in [0.2, 0.25) is 11.8 Å². The molecule has 434 valence electrons. The SMILES string of the molecule is O=C1CCC(N2C(=O)c3cccc(NC(O)(O)c4cccc(C(O)(O)N5CCOCC5)c4F)c3C2(O)O)C(=O)N1.O=C1c2cccc(OCc3cccc(C(O)(O)N4CCOCC4)c3F)c2CN1C1(O)C(=O)NC(=O)C(O)(O)C1(O)O. The molecule has 2 atom stereocenters. The summed E-state index contributed by atoms with van der Waals surface area (Å²) in [6.45, 7) is -0.0587. The van der Waals surface area contributed by atoms with Crippen molar-refractivity contribution in [3.63, 3.8) is 0 Å². The number of halogens is 2. The van der Waals surface area contributed by atoms with E-state index in [2.05, 4.69) is 5.32 Å². The summed E-state index contributed by atoms with van der Waals surface area (Å²) in [7, 11) is 0. The highest BCUT2D eigenvalue weighted by Crippen LogP contribution is 2.45. The van der Waals surface area contributed by atoms with Crippen molar-refractivity contribution in [1.29, 1.82) is 0 Å². The second kappa shape index (κ2) is 21.0. The fourth-order valence-electron chi connectivity index (χ4n) is 10.2. The summed E-state index contributed by atoms with van der Waals surface area (Å²) in [5.41, 5.74) is -7.28. The van der Waals surface area contributed by atoms with E-state index in [0.717, 1.165) is 29.2 Å². The van der Waals surface area contributed by atoms with E-state index in [1.807, 2.05) is 5.32 Å². The molecule has 0 bridgehead atoms. The maximum Gasteiger partial charge on any atom is 0.306 e. The highest BCUT2D eigenvalue weighted by Gasteiger charge is 2.76.